The summed E-state index contributed by atoms with van der Waals surface area (Å²) in [4.78, 5) is 2.45. The Morgan fingerprint density at radius 1 is 1.40 bits per heavy atom. The van der Waals surface area contributed by atoms with Gasteiger partial charge in [-0.05, 0) is 44.0 Å². The molecule has 82 valence electrons. The van der Waals surface area contributed by atoms with Gasteiger partial charge in [0.15, 0.2) is 0 Å². The highest BCUT2D eigenvalue weighted by Gasteiger charge is 2.21. The van der Waals surface area contributed by atoms with Crippen molar-refractivity contribution >= 4 is 5.69 Å². The Labute approximate surface area is 92.1 Å². The summed E-state index contributed by atoms with van der Waals surface area (Å²) >= 11 is 0. The van der Waals surface area contributed by atoms with Gasteiger partial charge in [0.25, 0.3) is 0 Å². The molecular weight excluding hydrogens is 184 g/mol. The number of rotatable bonds is 3. The topological polar surface area (TPSA) is 29.3 Å². The van der Waals surface area contributed by atoms with Crippen molar-refractivity contribution in [2.45, 2.75) is 38.8 Å². The van der Waals surface area contributed by atoms with Crippen molar-refractivity contribution in [3.05, 3.63) is 29.3 Å². The molecule has 0 radical (unpaired) electrons. The number of nitrogens with zero attached hydrogens (tertiary/aromatic N) is 1. The number of aryl methyl sites for hydroxylation is 1. The zero-order valence-electron chi connectivity index (χ0n) is 9.66. The van der Waals surface area contributed by atoms with Crippen molar-refractivity contribution in [1.29, 1.82) is 0 Å². The monoisotopic (exact) mass is 204 g/mol. The number of hydrogen-bond acceptors (Lipinski definition) is 2. The molecule has 1 aromatic rings. The Hall–Kier alpha value is -1.02. The van der Waals surface area contributed by atoms with Crippen LogP contribution in [0.5, 0.6) is 0 Å². The summed E-state index contributed by atoms with van der Waals surface area (Å²) in [5, 5.41) is 0. The number of anilines is 1. The summed E-state index contributed by atoms with van der Waals surface area (Å²) in [5.74, 6) is 0. The number of nitrogens with two attached hydrogens (primary N) is 1. The van der Waals surface area contributed by atoms with Gasteiger partial charge in [0.2, 0.25) is 0 Å². The fourth-order valence-electron chi connectivity index (χ4n) is 2.08. The van der Waals surface area contributed by atoms with E-state index < -0.39 is 0 Å². The average molecular weight is 204 g/mol. The maximum Gasteiger partial charge on any atom is 0.0343 e. The predicted octanol–water partition coefficient (Wildman–Crippen LogP) is 2.56. The minimum atomic E-state index is 0.808. The van der Waals surface area contributed by atoms with Crippen LogP contribution in [-0.2, 0) is 6.54 Å². The van der Waals surface area contributed by atoms with E-state index in [0.29, 0.717) is 0 Å². The van der Waals surface area contributed by atoms with Gasteiger partial charge >= 0.3 is 0 Å². The molecule has 1 saturated carbocycles. The summed E-state index contributed by atoms with van der Waals surface area (Å²) in [7, 11) is 2.22. The second-order valence-electron chi connectivity index (χ2n) is 4.69. The van der Waals surface area contributed by atoms with Crippen LogP contribution in [-0.4, -0.2) is 18.0 Å². The van der Waals surface area contributed by atoms with Crippen molar-refractivity contribution < 1.29 is 0 Å². The Bertz CT molecular complexity index is 342. The molecule has 0 unspecified atom stereocenters. The Morgan fingerprint density at radius 3 is 2.67 bits per heavy atom. The molecule has 2 heteroatoms. The molecule has 2 N–H and O–H groups in total. The Morgan fingerprint density at radius 2 is 2.13 bits per heavy atom. The molecule has 0 aromatic heterocycles. The SMILES string of the molecule is Cc1cc(CN(C)C2CCC2)ccc1N. The molecule has 0 heterocycles. The first kappa shape index (κ1) is 10.5. The summed E-state index contributed by atoms with van der Waals surface area (Å²) in [6.07, 6.45) is 4.13. The average Bonchev–Trinajstić information content (AvgIpc) is 2.08. The molecule has 0 bridgehead atoms. The summed E-state index contributed by atoms with van der Waals surface area (Å²) in [6.45, 7) is 3.12. The maximum absolute atomic E-state index is 5.80. The lowest BCUT2D eigenvalue weighted by Gasteiger charge is -2.34. The van der Waals surface area contributed by atoms with Gasteiger partial charge in [-0.3, -0.25) is 4.90 Å². The molecule has 0 spiro atoms. The van der Waals surface area contributed by atoms with Gasteiger partial charge in [0, 0.05) is 18.3 Å². The first-order valence-electron chi connectivity index (χ1n) is 5.72. The normalized spacial score (nSPS) is 16.7. The van der Waals surface area contributed by atoms with Gasteiger partial charge in [0.1, 0.15) is 0 Å². The fourth-order valence-corrected chi connectivity index (χ4v) is 2.08. The molecule has 1 fully saturated rings. The molecule has 0 amide bonds. The van der Waals surface area contributed by atoms with Crippen molar-refractivity contribution in [1.82, 2.24) is 4.90 Å². The van der Waals surface area contributed by atoms with E-state index in [1.54, 1.807) is 0 Å². The second kappa shape index (κ2) is 4.23. The minimum Gasteiger partial charge on any atom is -0.399 e. The van der Waals surface area contributed by atoms with Gasteiger partial charge in [0.05, 0.1) is 0 Å². The lowest BCUT2D eigenvalue weighted by Crippen LogP contribution is -2.36. The van der Waals surface area contributed by atoms with Crippen molar-refractivity contribution in [2.24, 2.45) is 0 Å². The minimum absolute atomic E-state index is 0.808. The third-order valence-electron chi connectivity index (χ3n) is 3.46. The highest BCUT2D eigenvalue weighted by atomic mass is 15.1. The van der Waals surface area contributed by atoms with Gasteiger partial charge in [-0.2, -0.15) is 0 Å². The molecule has 0 atom stereocenters. The highest BCUT2D eigenvalue weighted by Crippen LogP contribution is 2.25. The third kappa shape index (κ3) is 2.32. The van der Waals surface area contributed by atoms with Crippen LogP contribution in [0.3, 0.4) is 0 Å². The molecule has 1 aromatic carbocycles. The predicted molar refractivity (Wildman–Crippen MR) is 64.7 cm³/mol. The van der Waals surface area contributed by atoms with Crippen LogP contribution in [0.25, 0.3) is 0 Å². The van der Waals surface area contributed by atoms with Gasteiger partial charge < -0.3 is 5.73 Å². The lowest BCUT2D eigenvalue weighted by atomic mass is 9.91. The van der Waals surface area contributed by atoms with Gasteiger partial charge in [-0.15, -0.1) is 0 Å². The van der Waals surface area contributed by atoms with Crippen LogP contribution in [0.1, 0.15) is 30.4 Å². The quantitative estimate of drug-likeness (QED) is 0.767. The van der Waals surface area contributed by atoms with Crippen LogP contribution in [0, 0.1) is 6.92 Å². The molecule has 1 aliphatic rings. The van der Waals surface area contributed by atoms with E-state index in [1.165, 1.54) is 30.4 Å². The standard InChI is InChI=1S/C13H20N2/c1-10-8-11(6-7-13(10)14)9-15(2)12-4-3-5-12/h6-8,12H,3-5,9,14H2,1-2H3. The Kier molecular flexibility index (Phi) is 2.96. The van der Waals surface area contributed by atoms with Crippen LogP contribution in [0.4, 0.5) is 5.69 Å². The molecule has 0 aliphatic heterocycles. The van der Waals surface area contributed by atoms with E-state index in [9.17, 15) is 0 Å². The highest BCUT2D eigenvalue weighted by molar-refractivity contribution is 5.47. The molecule has 2 nitrogen and oxygen atoms in total. The van der Waals surface area contributed by atoms with Crippen molar-refractivity contribution in [3.63, 3.8) is 0 Å². The largest absolute Gasteiger partial charge is 0.399 e. The van der Waals surface area contributed by atoms with Crippen LogP contribution in [0.15, 0.2) is 18.2 Å². The van der Waals surface area contributed by atoms with Crippen LogP contribution < -0.4 is 5.73 Å². The molecule has 1 aliphatic carbocycles. The number of nitrogen functional groups attached to an aromatic ring is 1. The summed E-state index contributed by atoms with van der Waals surface area (Å²) in [6, 6.07) is 7.16. The summed E-state index contributed by atoms with van der Waals surface area (Å²) < 4.78 is 0. The maximum atomic E-state index is 5.80. The van der Waals surface area contributed by atoms with E-state index in [1.807, 2.05) is 6.07 Å². The fraction of sp³-hybridized carbons (Fsp3) is 0.538. The smallest absolute Gasteiger partial charge is 0.0343 e. The second-order valence-corrected chi connectivity index (χ2v) is 4.69. The molecule has 0 saturated heterocycles. The van der Waals surface area contributed by atoms with E-state index in [2.05, 4.69) is 31.0 Å². The van der Waals surface area contributed by atoms with Crippen molar-refractivity contribution in [2.75, 3.05) is 12.8 Å². The molecule has 15 heavy (non-hydrogen) atoms. The van der Waals surface area contributed by atoms with E-state index in [0.717, 1.165) is 18.3 Å². The van der Waals surface area contributed by atoms with E-state index in [-0.39, 0.29) is 0 Å². The van der Waals surface area contributed by atoms with Crippen LogP contribution in [0.2, 0.25) is 0 Å². The lowest BCUT2D eigenvalue weighted by molar-refractivity contribution is 0.152. The summed E-state index contributed by atoms with van der Waals surface area (Å²) in [5.41, 5.74) is 9.26. The molecular formula is C13H20N2. The first-order chi connectivity index (χ1) is 7.16. The number of hydrogen-bond donors (Lipinski definition) is 1. The van der Waals surface area contributed by atoms with Crippen LogP contribution >= 0.6 is 0 Å². The van der Waals surface area contributed by atoms with Gasteiger partial charge in [-0.25, -0.2) is 0 Å². The number of benzene rings is 1. The Balaban J connectivity index is 2.00. The van der Waals surface area contributed by atoms with E-state index >= 15 is 0 Å². The molecule has 2 rings (SSSR count). The van der Waals surface area contributed by atoms with E-state index in [4.69, 9.17) is 5.73 Å². The zero-order valence-corrected chi connectivity index (χ0v) is 9.66. The van der Waals surface area contributed by atoms with Gasteiger partial charge in [-0.1, -0.05) is 18.6 Å². The van der Waals surface area contributed by atoms with Crippen molar-refractivity contribution in [3.8, 4) is 0 Å². The third-order valence-corrected chi connectivity index (χ3v) is 3.46. The first-order valence-corrected chi connectivity index (χ1v) is 5.72. The zero-order chi connectivity index (χ0) is 10.8.